The molecule has 0 saturated heterocycles. The number of fused-ring (bicyclic) bond motifs is 1. The molecule has 0 amide bonds. The highest BCUT2D eigenvalue weighted by Gasteiger charge is 2.11. The van der Waals surface area contributed by atoms with Gasteiger partial charge in [-0.1, -0.05) is 0 Å². The summed E-state index contributed by atoms with van der Waals surface area (Å²) in [5, 5.41) is 8.86. The fraction of sp³-hybridized carbons (Fsp3) is 0.444. The number of aryl methyl sites for hydroxylation is 1. The maximum absolute atomic E-state index is 8.86. The number of likely N-dealkylation sites (N-methyl/N-ethyl adjacent to an activating group) is 1. The van der Waals surface area contributed by atoms with Crippen LogP contribution in [0.3, 0.4) is 0 Å². The molecule has 1 N–H and O–H groups in total. The number of hydrogen-bond acceptors (Lipinski definition) is 5. The van der Waals surface area contributed by atoms with Crippen LogP contribution in [0.25, 0.3) is 11.2 Å². The van der Waals surface area contributed by atoms with Crippen LogP contribution >= 0.6 is 0 Å². The SMILES string of the molecule is CN(CCO)c1ncnc2c1ncn2C. The lowest BCUT2D eigenvalue weighted by Crippen LogP contribution is -2.22. The van der Waals surface area contributed by atoms with Gasteiger partial charge in [-0.15, -0.1) is 0 Å². The van der Waals surface area contributed by atoms with Crippen molar-refractivity contribution in [3.05, 3.63) is 12.7 Å². The minimum atomic E-state index is 0.0921. The Morgan fingerprint density at radius 1 is 1.40 bits per heavy atom. The molecule has 80 valence electrons. The van der Waals surface area contributed by atoms with Gasteiger partial charge in [-0.2, -0.15) is 0 Å². The summed E-state index contributed by atoms with van der Waals surface area (Å²) in [5.74, 6) is 0.745. The predicted octanol–water partition coefficient (Wildman–Crippen LogP) is -0.208. The third-order valence-corrected chi connectivity index (χ3v) is 2.27. The smallest absolute Gasteiger partial charge is 0.165 e. The number of nitrogens with zero attached hydrogens (tertiary/aromatic N) is 5. The molecule has 0 aromatic carbocycles. The lowest BCUT2D eigenvalue weighted by molar-refractivity contribution is 0.304. The van der Waals surface area contributed by atoms with Gasteiger partial charge >= 0.3 is 0 Å². The summed E-state index contributed by atoms with van der Waals surface area (Å²) in [5.41, 5.74) is 1.56. The van der Waals surface area contributed by atoms with E-state index < -0.39 is 0 Å². The lowest BCUT2D eigenvalue weighted by Gasteiger charge is -2.16. The van der Waals surface area contributed by atoms with Crippen LogP contribution in [0.1, 0.15) is 0 Å². The zero-order valence-electron chi connectivity index (χ0n) is 8.75. The third-order valence-electron chi connectivity index (χ3n) is 2.27. The minimum absolute atomic E-state index is 0.0921. The van der Waals surface area contributed by atoms with Gasteiger partial charge < -0.3 is 14.6 Å². The minimum Gasteiger partial charge on any atom is -0.395 e. The van der Waals surface area contributed by atoms with Gasteiger partial charge in [0.25, 0.3) is 0 Å². The van der Waals surface area contributed by atoms with Crippen molar-refractivity contribution in [3.8, 4) is 0 Å². The normalized spacial score (nSPS) is 10.9. The summed E-state index contributed by atoms with van der Waals surface area (Å²) in [6.07, 6.45) is 3.21. The standard InChI is InChI=1S/C9H13N5O/c1-13(3-4-15)8-7-9(11-5-10-8)14(2)6-12-7/h5-6,15H,3-4H2,1-2H3. The molecule has 0 spiro atoms. The highest BCUT2D eigenvalue weighted by molar-refractivity contribution is 5.83. The molecule has 2 aromatic heterocycles. The number of aliphatic hydroxyl groups excluding tert-OH is 1. The molecule has 2 rings (SSSR count). The zero-order chi connectivity index (χ0) is 10.8. The number of anilines is 1. The molecule has 15 heavy (non-hydrogen) atoms. The Bertz CT molecular complexity index is 466. The van der Waals surface area contributed by atoms with E-state index in [-0.39, 0.29) is 6.61 Å². The Kier molecular flexibility index (Phi) is 2.51. The second-order valence-corrected chi connectivity index (χ2v) is 3.37. The monoisotopic (exact) mass is 207 g/mol. The average Bonchev–Trinajstić information content (AvgIpc) is 2.61. The number of rotatable bonds is 3. The van der Waals surface area contributed by atoms with Crippen molar-refractivity contribution >= 4 is 17.0 Å². The Morgan fingerprint density at radius 3 is 2.93 bits per heavy atom. The van der Waals surface area contributed by atoms with E-state index in [2.05, 4.69) is 15.0 Å². The highest BCUT2D eigenvalue weighted by atomic mass is 16.3. The van der Waals surface area contributed by atoms with Gasteiger partial charge in [0, 0.05) is 20.6 Å². The molecule has 0 saturated carbocycles. The summed E-state index contributed by atoms with van der Waals surface area (Å²) >= 11 is 0. The first-order valence-electron chi connectivity index (χ1n) is 4.68. The van der Waals surface area contributed by atoms with Crippen LogP contribution in [0.15, 0.2) is 12.7 Å². The van der Waals surface area contributed by atoms with Crippen LogP contribution in [0.4, 0.5) is 5.82 Å². The third kappa shape index (κ3) is 1.63. The summed E-state index contributed by atoms with van der Waals surface area (Å²) in [6.45, 7) is 0.623. The Morgan fingerprint density at radius 2 is 2.20 bits per heavy atom. The lowest BCUT2D eigenvalue weighted by atomic mass is 10.4. The quantitative estimate of drug-likeness (QED) is 0.754. The van der Waals surface area contributed by atoms with Gasteiger partial charge in [0.2, 0.25) is 0 Å². The zero-order valence-corrected chi connectivity index (χ0v) is 8.75. The van der Waals surface area contributed by atoms with Crippen molar-refractivity contribution in [2.45, 2.75) is 0 Å². The van der Waals surface area contributed by atoms with Crippen molar-refractivity contribution in [2.75, 3.05) is 25.1 Å². The van der Waals surface area contributed by atoms with Gasteiger partial charge in [-0.05, 0) is 0 Å². The van der Waals surface area contributed by atoms with Crippen LogP contribution < -0.4 is 4.90 Å². The topological polar surface area (TPSA) is 67.1 Å². The first kappa shape index (κ1) is 9.85. The van der Waals surface area contributed by atoms with Crippen molar-refractivity contribution in [3.63, 3.8) is 0 Å². The largest absolute Gasteiger partial charge is 0.395 e. The maximum Gasteiger partial charge on any atom is 0.165 e. The van der Waals surface area contributed by atoms with Gasteiger partial charge in [0.05, 0.1) is 12.9 Å². The molecule has 0 aliphatic rings. The Labute approximate surface area is 87.2 Å². The highest BCUT2D eigenvalue weighted by Crippen LogP contribution is 2.18. The van der Waals surface area contributed by atoms with E-state index in [1.54, 1.807) is 6.33 Å². The van der Waals surface area contributed by atoms with E-state index in [9.17, 15) is 0 Å². The number of hydrogen-bond donors (Lipinski definition) is 1. The summed E-state index contributed by atoms with van der Waals surface area (Å²) in [4.78, 5) is 14.4. The molecule has 0 bridgehead atoms. The molecular formula is C9H13N5O. The van der Waals surface area contributed by atoms with E-state index >= 15 is 0 Å². The van der Waals surface area contributed by atoms with Crippen LogP contribution in [-0.4, -0.2) is 44.8 Å². The van der Waals surface area contributed by atoms with Crippen LogP contribution in [0.2, 0.25) is 0 Å². The van der Waals surface area contributed by atoms with E-state index in [4.69, 9.17) is 5.11 Å². The van der Waals surface area contributed by atoms with Crippen molar-refractivity contribution in [1.82, 2.24) is 19.5 Å². The first-order valence-corrected chi connectivity index (χ1v) is 4.68. The summed E-state index contributed by atoms with van der Waals surface area (Å²) < 4.78 is 1.84. The summed E-state index contributed by atoms with van der Waals surface area (Å²) in [6, 6.07) is 0. The molecule has 0 atom stereocenters. The van der Waals surface area contributed by atoms with E-state index in [1.807, 2.05) is 23.6 Å². The molecule has 0 unspecified atom stereocenters. The number of aliphatic hydroxyl groups is 1. The summed E-state index contributed by atoms with van der Waals surface area (Å²) in [7, 11) is 3.75. The van der Waals surface area contributed by atoms with Crippen molar-refractivity contribution < 1.29 is 5.11 Å². The fourth-order valence-electron chi connectivity index (χ4n) is 1.47. The number of aromatic nitrogens is 4. The molecule has 2 aromatic rings. The Hall–Kier alpha value is -1.69. The molecule has 0 aliphatic carbocycles. The van der Waals surface area contributed by atoms with E-state index in [1.165, 1.54) is 6.33 Å². The second-order valence-electron chi connectivity index (χ2n) is 3.37. The second kappa shape index (κ2) is 3.82. The first-order chi connectivity index (χ1) is 7.24. The van der Waals surface area contributed by atoms with Crippen LogP contribution in [0.5, 0.6) is 0 Å². The van der Waals surface area contributed by atoms with Crippen LogP contribution in [-0.2, 0) is 7.05 Å². The molecule has 6 nitrogen and oxygen atoms in total. The molecule has 2 heterocycles. The fourth-order valence-corrected chi connectivity index (χ4v) is 1.47. The average molecular weight is 207 g/mol. The van der Waals surface area contributed by atoms with E-state index in [0.29, 0.717) is 6.54 Å². The van der Waals surface area contributed by atoms with E-state index in [0.717, 1.165) is 17.0 Å². The van der Waals surface area contributed by atoms with Gasteiger partial charge in [-0.25, -0.2) is 15.0 Å². The molecule has 0 aliphatic heterocycles. The predicted molar refractivity (Wildman–Crippen MR) is 56.7 cm³/mol. The maximum atomic E-state index is 8.86. The van der Waals surface area contributed by atoms with Crippen LogP contribution in [0, 0.1) is 0 Å². The number of imidazole rings is 1. The molecule has 0 radical (unpaired) electrons. The molecule has 0 fully saturated rings. The van der Waals surface area contributed by atoms with Gasteiger partial charge in [0.1, 0.15) is 6.33 Å². The molecule has 6 heteroatoms. The Balaban J connectivity index is 2.51. The van der Waals surface area contributed by atoms with Crippen molar-refractivity contribution in [2.24, 2.45) is 7.05 Å². The van der Waals surface area contributed by atoms with Gasteiger partial charge in [-0.3, -0.25) is 0 Å². The molecular weight excluding hydrogens is 194 g/mol. The van der Waals surface area contributed by atoms with Gasteiger partial charge in [0.15, 0.2) is 17.0 Å². The van der Waals surface area contributed by atoms with Crippen molar-refractivity contribution in [1.29, 1.82) is 0 Å².